The van der Waals surface area contributed by atoms with E-state index in [1.54, 1.807) is 58.0 Å². The highest BCUT2D eigenvalue weighted by Gasteiger charge is 2.12. The number of anilines is 2. The number of guanidine groups is 3. The molecular formula is C31H45N17O2. The molecule has 0 aliphatic carbocycles. The van der Waals surface area contributed by atoms with Crippen molar-refractivity contribution >= 4 is 69.8 Å². The van der Waals surface area contributed by atoms with E-state index < -0.39 is 0 Å². The first-order valence-corrected chi connectivity index (χ1v) is 15.2. The summed E-state index contributed by atoms with van der Waals surface area (Å²) < 4.78 is 0. The Balaban J connectivity index is 2.14. The van der Waals surface area contributed by atoms with Crippen LogP contribution < -0.4 is 50.8 Å². The zero-order chi connectivity index (χ0) is 37.4. The fourth-order valence-corrected chi connectivity index (χ4v) is 4.12. The summed E-state index contributed by atoms with van der Waals surface area (Å²) in [5, 5.41) is 36.3. The average molecular weight is 688 g/mol. The van der Waals surface area contributed by atoms with Crippen LogP contribution in [0.4, 0.5) is 11.4 Å². The maximum absolute atomic E-state index is 12.9. The van der Waals surface area contributed by atoms with E-state index in [9.17, 15) is 9.59 Å². The van der Waals surface area contributed by atoms with E-state index in [-0.39, 0.29) is 54.9 Å². The quantitative estimate of drug-likeness (QED) is 0.0509. The molecule has 17 N–H and O–H groups in total. The summed E-state index contributed by atoms with van der Waals surface area (Å²) in [6.07, 6.45) is 1.19. The number of unbranched alkanes of at least 4 members (excludes halogenated alkanes) is 1. The van der Waals surface area contributed by atoms with Gasteiger partial charge in [-0.15, -0.1) is 15.3 Å². The van der Waals surface area contributed by atoms with E-state index in [1.165, 1.54) is 0 Å². The smallest absolute Gasteiger partial charge is 0.224 e. The molecule has 0 saturated heterocycles. The van der Waals surface area contributed by atoms with E-state index >= 15 is 0 Å². The van der Waals surface area contributed by atoms with Crippen molar-refractivity contribution in [2.24, 2.45) is 75.7 Å². The average Bonchev–Trinajstić information content (AvgIpc) is 3.05. The third-order valence-electron chi connectivity index (χ3n) is 6.60. The molecule has 0 radical (unpaired) electrons. The molecule has 2 amide bonds. The summed E-state index contributed by atoms with van der Waals surface area (Å²) in [4.78, 5) is 30.1. The Morgan fingerprint density at radius 2 is 0.860 bits per heavy atom. The van der Waals surface area contributed by atoms with Crippen LogP contribution in [0.15, 0.2) is 72.0 Å². The molecular weight excluding hydrogens is 642 g/mol. The highest BCUT2D eigenvalue weighted by atomic mass is 16.2. The van der Waals surface area contributed by atoms with Gasteiger partial charge in [0.25, 0.3) is 0 Å². The fraction of sp³-hybridized carbons (Fsp3) is 0.290. The molecule has 0 heterocycles. The zero-order valence-electron chi connectivity index (χ0n) is 28.5. The predicted molar refractivity (Wildman–Crippen MR) is 202 cm³/mol. The van der Waals surface area contributed by atoms with Gasteiger partial charge in [0, 0.05) is 46.6 Å². The van der Waals surface area contributed by atoms with Gasteiger partial charge < -0.3 is 50.8 Å². The molecule has 0 bridgehead atoms. The maximum atomic E-state index is 12.9. The topological polar surface area (TPSA) is 351 Å². The maximum Gasteiger partial charge on any atom is 0.224 e. The van der Waals surface area contributed by atoms with Crippen LogP contribution in [0.5, 0.6) is 0 Å². The van der Waals surface area contributed by atoms with E-state index in [2.05, 4.69) is 46.2 Å². The Bertz CT molecular complexity index is 1740. The lowest BCUT2D eigenvalue weighted by Crippen LogP contribution is -2.22. The molecule has 2 aromatic carbocycles. The van der Waals surface area contributed by atoms with Crippen molar-refractivity contribution < 1.29 is 9.59 Å². The Morgan fingerprint density at radius 1 is 0.540 bits per heavy atom. The molecule has 0 saturated carbocycles. The van der Waals surface area contributed by atoms with Crippen LogP contribution in [0.2, 0.25) is 0 Å². The number of rotatable bonds is 16. The molecule has 0 aromatic heterocycles. The van der Waals surface area contributed by atoms with Crippen molar-refractivity contribution in [3.8, 4) is 0 Å². The van der Waals surface area contributed by atoms with Crippen molar-refractivity contribution in [3.63, 3.8) is 0 Å². The Morgan fingerprint density at radius 3 is 1.16 bits per heavy atom. The van der Waals surface area contributed by atoms with E-state index in [0.717, 1.165) is 0 Å². The van der Waals surface area contributed by atoms with Gasteiger partial charge in [-0.2, -0.15) is 15.3 Å². The second kappa shape index (κ2) is 19.2. The minimum absolute atomic E-state index is 0.0274. The standard InChI is InChI=1S/C31H45N17O2/c1-16(40-15-26(32)33)20-9-21(17(2)43-46-29(34)35)12-24(11-20)41-27(49)7-5-6-8-28(50)42-25-13-22(18(3)44-47-30(36)37)10-23(14-25)19(4)45-48-31(38)39/h9-14H,5-8,15H2,1-4H3,(H3,32,33)(H,41,49)(H,42,50)(H4,34,35,46)(H4,36,37,47)(H4,38,39,48)/b40-16?,43-17-,44-18-,45-19-. The third kappa shape index (κ3) is 14.4. The lowest BCUT2D eigenvalue weighted by molar-refractivity contribution is -0.118. The van der Waals surface area contributed by atoms with Gasteiger partial charge in [-0.25, -0.2) is 0 Å². The highest BCUT2D eigenvalue weighted by molar-refractivity contribution is 6.07. The van der Waals surface area contributed by atoms with Crippen molar-refractivity contribution in [1.29, 1.82) is 5.41 Å². The van der Waals surface area contributed by atoms with E-state index in [1.807, 2.05) is 6.07 Å². The number of nitrogens with zero attached hydrogens (tertiary/aromatic N) is 7. The Labute approximate surface area is 289 Å². The Kier molecular flexibility index (Phi) is 15.2. The van der Waals surface area contributed by atoms with E-state index in [4.69, 9.17) is 45.5 Å². The first kappa shape index (κ1) is 39.5. The van der Waals surface area contributed by atoms with Crippen molar-refractivity contribution in [3.05, 3.63) is 58.7 Å². The SMILES string of the molecule is CC(=NCC(=N)N)c1cc(NC(=O)CCCCC(=O)Nc2cc(/C(C)=N\N=C(N)N)cc(/C(C)=N\N=C(N)N)c2)cc(/C(C)=N\N=C(N)N)c1. The molecule has 2 aromatic rings. The van der Waals surface area contributed by atoms with Crippen LogP contribution >= 0.6 is 0 Å². The summed E-state index contributed by atoms with van der Waals surface area (Å²) >= 11 is 0. The van der Waals surface area contributed by atoms with Gasteiger partial charge in [-0.05, 0) is 82.5 Å². The third-order valence-corrected chi connectivity index (χ3v) is 6.60. The summed E-state index contributed by atoms with van der Waals surface area (Å²) in [7, 11) is 0. The molecule has 0 fully saturated rings. The molecule has 19 heteroatoms. The van der Waals surface area contributed by atoms with Gasteiger partial charge >= 0.3 is 0 Å². The fourth-order valence-electron chi connectivity index (χ4n) is 4.12. The lowest BCUT2D eigenvalue weighted by atomic mass is 10.0. The highest BCUT2D eigenvalue weighted by Crippen LogP contribution is 2.20. The molecule has 266 valence electrons. The number of carbonyl (C=O) groups is 2. The normalized spacial score (nSPS) is 12.1. The summed E-state index contributed by atoms with van der Waals surface area (Å²) in [5.74, 6) is -1.22. The first-order chi connectivity index (χ1) is 23.5. The second-order valence-corrected chi connectivity index (χ2v) is 11.0. The number of benzene rings is 2. The molecule has 0 aliphatic heterocycles. The number of hydrogen-bond donors (Lipinski definition) is 10. The number of amides is 2. The van der Waals surface area contributed by atoms with Crippen LogP contribution in [0, 0.1) is 5.41 Å². The monoisotopic (exact) mass is 687 g/mol. The van der Waals surface area contributed by atoms with Gasteiger partial charge in [0.05, 0.1) is 23.7 Å². The molecule has 0 unspecified atom stereocenters. The number of hydrogen-bond acceptors (Lipinski definition) is 10. The van der Waals surface area contributed by atoms with Gasteiger partial charge in [0.1, 0.15) is 5.84 Å². The van der Waals surface area contributed by atoms with Crippen LogP contribution in [0.25, 0.3) is 0 Å². The summed E-state index contributed by atoms with van der Waals surface area (Å²) in [6.45, 7) is 6.91. The largest absolute Gasteiger partial charge is 0.386 e. The summed E-state index contributed by atoms with van der Waals surface area (Å²) in [6, 6.07) is 10.5. The number of amidine groups is 1. The van der Waals surface area contributed by atoms with Crippen LogP contribution in [0.3, 0.4) is 0 Å². The first-order valence-electron chi connectivity index (χ1n) is 15.2. The molecule has 2 rings (SSSR count). The van der Waals surface area contributed by atoms with Gasteiger partial charge in [-0.1, -0.05) is 0 Å². The number of aliphatic imine (C=N–C) groups is 1. The van der Waals surface area contributed by atoms with Gasteiger partial charge in [0.15, 0.2) is 0 Å². The zero-order valence-corrected chi connectivity index (χ0v) is 28.5. The van der Waals surface area contributed by atoms with Crippen LogP contribution in [0.1, 0.15) is 75.6 Å². The van der Waals surface area contributed by atoms with Crippen LogP contribution in [-0.4, -0.2) is 64.9 Å². The molecule has 19 nitrogen and oxygen atoms in total. The van der Waals surface area contributed by atoms with Gasteiger partial charge in [0.2, 0.25) is 29.7 Å². The van der Waals surface area contributed by atoms with Gasteiger partial charge in [-0.3, -0.25) is 20.0 Å². The van der Waals surface area contributed by atoms with Crippen molar-refractivity contribution in [1.82, 2.24) is 0 Å². The summed E-state index contributed by atoms with van der Waals surface area (Å²) in [5.41, 5.74) is 43.4. The van der Waals surface area contributed by atoms with Crippen molar-refractivity contribution in [2.75, 3.05) is 17.2 Å². The second-order valence-electron chi connectivity index (χ2n) is 11.0. The molecule has 0 aliphatic rings. The number of nitrogens with one attached hydrogen (secondary N) is 3. The lowest BCUT2D eigenvalue weighted by Gasteiger charge is -2.12. The van der Waals surface area contributed by atoms with E-state index in [0.29, 0.717) is 69.3 Å². The molecule has 0 atom stereocenters. The number of nitrogens with two attached hydrogens (primary N) is 7. The molecule has 50 heavy (non-hydrogen) atoms. The molecule has 0 spiro atoms. The minimum atomic E-state index is -0.264. The predicted octanol–water partition coefficient (Wildman–Crippen LogP) is 0.561. The number of carbonyl (C=O) groups excluding carboxylic acids is 2. The van der Waals surface area contributed by atoms with Crippen LogP contribution in [-0.2, 0) is 9.59 Å². The van der Waals surface area contributed by atoms with Crippen molar-refractivity contribution in [2.45, 2.75) is 53.4 Å². The Hall–Kier alpha value is -6.66. The minimum Gasteiger partial charge on any atom is -0.386 e.